The highest BCUT2D eigenvalue weighted by Gasteiger charge is 2.20. The monoisotopic (exact) mass is 548 g/mol. The van der Waals surface area contributed by atoms with Crippen LogP contribution in [0.5, 0.6) is 5.75 Å². The van der Waals surface area contributed by atoms with Crippen LogP contribution < -0.4 is 5.32 Å². The standard InChI is InChI=1S/C22H15BrCl2N4O2S/c23-13-6-9-19(30)16(10-13)21-27-28-22(29(21)15-4-2-1-3-5-15)32-12-20(31)26-14-7-8-17(24)18(25)11-14/h1-11,30H,12H2,(H,26,31). The third-order valence-corrected chi connectivity index (χ3v) is 6.54. The molecule has 6 nitrogen and oxygen atoms in total. The fourth-order valence-electron chi connectivity index (χ4n) is 2.94. The molecule has 1 amide bonds. The molecule has 0 bridgehead atoms. The van der Waals surface area contributed by atoms with E-state index in [9.17, 15) is 9.90 Å². The molecule has 4 aromatic rings. The highest BCUT2D eigenvalue weighted by atomic mass is 79.9. The van der Waals surface area contributed by atoms with Crippen molar-refractivity contribution in [3.8, 4) is 22.8 Å². The van der Waals surface area contributed by atoms with Gasteiger partial charge in [0.15, 0.2) is 11.0 Å². The molecule has 0 aliphatic rings. The molecule has 2 N–H and O–H groups in total. The lowest BCUT2D eigenvalue weighted by Gasteiger charge is -2.11. The quantitative estimate of drug-likeness (QED) is 0.270. The Morgan fingerprint density at radius 2 is 1.81 bits per heavy atom. The minimum absolute atomic E-state index is 0.0756. The number of aromatic nitrogens is 3. The number of phenolic OH excluding ortho intramolecular Hbond substituents is 1. The van der Waals surface area contributed by atoms with Gasteiger partial charge in [-0.3, -0.25) is 9.36 Å². The third-order valence-electron chi connectivity index (χ3n) is 4.38. The van der Waals surface area contributed by atoms with Crippen LogP contribution in [0.25, 0.3) is 17.1 Å². The second kappa shape index (κ2) is 9.95. The van der Waals surface area contributed by atoms with Crippen molar-refractivity contribution in [2.45, 2.75) is 5.16 Å². The lowest BCUT2D eigenvalue weighted by atomic mass is 10.2. The number of para-hydroxylation sites is 1. The van der Waals surface area contributed by atoms with E-state index in [4.69, 9.17) is 23.2 Å². The summed E-state index contributed by atoms with van der Waals surface area (Å²) in [5, 5.41) is 23.0. The van der Waals surface area contributed by atoms with E-state index in [1.165, 1.54) is 11.8 Å². The Hall–Kier alpha value is -2.52. The Bertz CT molecular complexity index is 1280. The van der Waals surface area contributed by atoms with Gasteiger partial charge in [0, 0.05) is 15.8 Å². The normalized spacial score (nSPS) is 10.8. The molecule has 0 fully saturated rings. The number of amides is 1. The van der Waals surface area contributed by atoms with Crippen LogP contribution in [0.4, 0.5) is 5.69 Å². The second-order valence-electron chi connectivity index (χ2n) is 6.60. The van der Waals surface area contributed by atoms with Crippen molar-refractivity contribution in [2.75, 3.05) is 11.1 Å². The maximum atomic E-state index is 12.5. The molecule has 0 saturated carbocycles. The first-order valence-electron chi connectivity index (χ1n) is 9.30. The van der Waals surface area contributed by atoms with Crippen LogP contribution >= 0.6 is 50.9 Å². The van der Waals surface area contributed by atoms with Gasteiger partial charge in [-0.15, -0.1) is 10.2 Å². The van der Waals surface area contributed by atoms with Crippen LogP contribution in [-0.4, -0.2) is 31.5 Å². The van der Waals surface area contributed by atoms with Gasteiger partial charge in [0.25, 0.3) is 0 Å². The van der Waals surface area contributed by atoms with E-state index in [2.05, 4.69) is 31.4 Å². The summed E-state index contributed by atoms with van der Waals surface area (Å²) >= 11 is 16.6. The van der Waals surface area contributed by atoms with Gasteiger partial charge >= 0.3 is 0 Å². The van der Waals surface area contributed by atoms with Gasteiger partial charge in [-0.1, -0.05) is 69.1 Å². The number of benzene rings is 3. The number of anilines is 1. The molecule has 0 unspecified atom stereocenters. The number of carbonyl (C=O) groups excluding carboxylic acids is 1. The molecule has 1 heterocycles. The maximum Gasteiger partial charge on any atom is 0.234 e. The van der Waals surface area contributed by atoms with Gasteiger partial charge < -0.3 is 10.4 Å². The first kappa shape index (κ1) is 22.7. The number of aromatic hydroxyl groups is 1. The smallest absolute Gasteiger partial charge is 0.234 e. The van der Waals surface area contributed by atoms with Crippen molar-refractivity contribution >= 4 is 62.5 Å². The highest BCUT2D eigenvalue weighted by molar-refractivity contribution is 9.10. The van der Waals surface area contributed by atoms with E-state index in [1.54, 1.807) is 41.0 Å². The largest absolute Gasteiger partial charge is 0.507 e. The van der Waals surface area contributed by atoms with Crippen molar-refractivity contribution in [1.82, 2.24) is 14.8 Å². The molecule has 4 rings (SSSR count). The lowest BCUT2D eigenvalue weighted by molar-refractivity contribution is -0.113. The molecule has 3 aromatic carbocycles. The molecular formula is C22H15BrCl2N4O2S. The fourth-order valence-corrected chi connectivity index (χ4v) is 4.35. The molecule has 0 spiro atoms. The maximum absolute atomic E-state index is 12.5. The fraction of sp³-hybridized carbons (Fsp3) is 0.0455. The van der Waals surface area contributed by atoms with E-state index in [0.717, 1.165) is 10.2 Å². The number of thioether (sulfide) groups is 1. The average molecular weight is 550 g/mol. The van der Waals surface area contributed by atoms with Gasteiger partial charge in [-0.05, 0) is 48.5 Å². The first-order chi connectivity index (χ1) is 15.4. The SMILES string of the molecule is O=C(CSc1nnc(-c2cc(Br)ccc2O)n1-c1ccccc1)Nc1ccc(Cl)c(Cl)c1. The molecule has 0 atom stereocenters. The van der Waals surface area contributed by atoms with E-state index in [0.29, 0.717) is 32.3 Å². The molecule has 0 aliphatic heterocycles. The Morgan fingerprint density at radius 3 is 2.56 bits per heavy atom. The number of hydrogen-bond acceptors (Lipinski definition) is 5. The number of hydrogen-bond donors (Lipinski definition) is 2. The van der Waals surface area contributed by atoms with Crippen molar-refractivity contribution in [3.05, 3.63) is 81.2 Å². The molecule has 0 saturated heterocycles. The van der Waals surface area contributed by atoms with Crippen LogP contribution in [0.3, 0.4) is 0 Å². The van der Waals surface area contributed by atoms with Crippen LogP contribution in [-0.2, 0) is 4.79 Å². The molecule has 32 heavy (non-hydrogen) atoms. The first-order valence-corrected chi connectivity index (χ1v) is 11.8. The molecule has 162 valence electrons. The molecule has 0 radical (unpaired) electrons. The van der Waals surface area contributed by atoms with Crippen molar-refractivity contribution in [1.29, 1.82) is 0 Å². The number of nitrogens with one attached hydrogen (secondary N) is 1. The van der Waals surface area contributed by atoms with Gasteiger partial charge in [0.05, 0.1) is 21.4 Å². The molecule has 10 heteroatoms. The number of phenols is 1. The Morgan fingerprint density at radius 1 is 1.03 bits per heavy atom. The summed E-state index contributed by atoms with van der Waals surface area (Å²) in [6.07, 6.45) is 0. The summed E-state index contributed by atoms with van der Waals surface area (Å²) in [4.78, 5) is 12.5. The van der Waals surface area contributed by atoms with Crippen LogP contribution in [0, 0.1) is 0 Å². The average Bonchev–Trinajstić information content (AvgIpc) is 3.21. The summed E-state index contributed by atoms with van der Waals surface area (Å²) in [5.74, 6) is 0.396. The summed E-state index contributed by atoms with van der Waals surface area (Å²) in [5.41, 5.74) is 1.87. The number of rotatable bonds is 6. The minimum atomic E-state index is -0.233. The van der Waals surface area contributed by atoms with Crippen LogP contribution in [0.2, 0.25) is 10.0 Å². The predicted molar refractivity (Wildman–Crippen MR) is 132 cm³/mol. The van der Waals surface area contributed by atoms with Crippen molar-refractivity contribution in [3.63, 3.8) is 0 Å². The lowest BCUT2D eigenvalue weighted by Crippen LogP contribution is -2.14. The Labute approximate surface area is 206 Å². The summed E-state index contributed by atoms with van der Waals surface area (Å²) in [6, 6.07) is 19.5. The number of halogens is 3. The topological polar surface area (TPSA) is 80.0 Å². The van der Waals surface area contributed by atoms with E-state index in [1.807, 2.05) is 30.3 Å². The van der Waals surface area contributed by atoms with E-state index >= 15 is 0 Å². The second-order valence-corrected chi connectivity index (χ2v) is 9.28. The number of nitrogens with zero attached hydrogens (tertiary/aromatic N) is 3. The number of carbonyl (C=O) groups is 1. The summed E-state index contributed by atoms with van der Waals surface area (Å²) in [6.45, 7) is 0. The minimum Gasteiger partial charge on any atom is -0.507 e. The van der Waals surface area contributed by atoms with Gasteiger partial charge in [-0.2, -0.15) is 0 Å². The predicted octanol–water partition coefficient (Wildman–Crippen LogP) is 6.44. The Kier molecular flexibility index (Phi) is 7.05. The van der Waals surface area contributed by atoms with Gasteiger partial charge in [-0.25, -0.2) is 0 Å². The summed E-state index contributed by atoms with van der Waals surface area (Å²) in [7, 11) is 0. The van der Waals surface area contributed by atoms with Crippen molar-refractivity contribution in [2.24, 2.45) is 0 Å². The summed E-state index contributed by atoms with van der Waals surface area (Å²) < 4.78 is 2.60. The van der Waals surface area contributed by atoms with Crippen molar-refractivity contribution < 1.29 is 9.90 Å². The highest BCUT2D eigenvalue weighted by Crippen LogP contribution is 2.34. The van der Waals surface area contributed by atoms with Gasteiger partial charge in [0.1, 0.15) is 5.75 Å². The Balaban J connectivity index is 1.61. The molecular weight excluding hydrogens is 535 g/mol. The van der Waals surface area contributed by atoms with E-state index < -0.39 is 0 Å². The molecule has 1 aromatic heterocycles. The zero-order chi connectivity index (χ0) is 22.7. The zero-order valence-electron chi connectivity index (χ0n) is 16.3. The zero-order valence-corrected chi connectivity index (χ0v) is 20.2. The van der Waals surface area contributed by atoms with Crippen LogP contribution in [0.1, 0.15) is 0 Å². The molecule has 0 aliphatic carbocycles. The third kappa shape index (κ3) is 5.10. The van der Waals surface area contributed by atoms with E-state index in [-0.39, 0.29) is 17.4 Å². The van der Waals surface area contributed by atoms with Gasteiger partial charge in [0.2, 0.25) is 5.91 Å². The van der Waals surface area contributed by atoms with Crippen LogP contribution in [0.15, 0.2) is 76.4 Å².